The number of hydrogen-bond acceptors (Lipinski definition) is 6. The highest BCUT2D eigenvalue weighted by molar-refractivity contribution is 7.91. The van der Waals surface area contributed by atoms with Crippen molar-refractivity contribution >= 4 is 32.2 Å². The Bertz CT molecular complexity index is 539. The number of nitrogen functional groups attached to an aromatic ring is 1. The highest BCUT2D eigenvalue weighted by Crippen LogP contribution is 2.34. The molecule has 0 amide bonds. The predicted molar refractivity (Wildman–Crippen MR) is 68.0 cm³/mol. The molecule has 10 heteroatoms. The summed E-state index contributed by atoms with van der Waals surface area (Å²) in [6, 6.07) is -0.967. The van der Waals surface area contributed by atoms with Crippen LogP contribution in [0.5, 0.6) is 0 Å². The molecule has 0 saturated carbocycles. The Morgan fingerprint density at radius 3 is 2.53 bits per heavy atom. The lowest BCUT2D eigenvalue weighted by Gasteiger charge is -2.16. The standard InChI is InChI=1S/C9H14F3N3O2S2/c1-3-19(16,17)6-7(13)15-18-8(6)14-5(2)4-9(10,11)12/h5,14H,3-4H2,1-2H3,(H2,13,15). The van der Waals surface area contributed by atoms with Crippen LogP contribution in [0, 0.1) is 0 Å². The fourth-order valence-corrected chi connectivity index (χ4v) is 3.72. The third kappa shape index (κ3) is 4.23. The molecule has 1 heterocycles. The van der Waals surface area contributed by atoms with Crippen molar-refractivity contribution in [2.45, 2.75) is 37.4 Å². The van der Waals surface area contributed by atoms with E-state index in [4.69, 9.17) is 5.73 Å². The van der Waals surface area contributed by atoms with E-state index in [9.17, 15) is 21.6 Å². The highest BCUT2D eigenvalue weighted by Gasteiger charge is 2.31. The number of anilines is 2. The molecular formula is C9H14F3N3O2S2. The van der Waals surface area contributed by atoms with E-state index >= 15 is 0 Å². The van der Waals surface area contributed by atoms with Crippen molar-refractivity contribution in [2.75, 3.05) is 16.8 Å². The van der Waals surface area contributed by atoms with Gasteiger partial charge in [0.25, 0.3) is 0 Å². The first-order valence-electron chi connectivity index (χ1n) is 5.38. The minimum atomic E-state index is -4.33. The summed E-state index contributed by atoms with van der Waals surface area (Å²) in [5.74, 6) is -0.383. The van der Waals surface area contributed by atoms with Gasteiger partial charge in [-0.1, -0.05) is 6.92 Å². The molecule has 0 bridgehead atoms. The molecule has 0 aromatic carbocycles. The molecule has 0 radical (unpaired) electrons. The molecular weight excluding hydrogens is 303 g/mol. The lowest BCUT2D eigenvalue weighted by Crippen LogP contribution is -2.24. The van der Waals surface area contributed by atoms with Gasteiger partial charge >= 0.3 is 6.18 Å². The summed E-state index contributed by atoms with van der Waals surface area (Å²) in [6.07, 6.45) is -5.40. The molecule has 5 nitrogen and oxygen atoms in total. The summed E-state index contributed by atoms with van der Waals surface area (Å²) in [5.41, 5.74) is 5.46. The minimum Gasteiger partial charge on any atom is -0.382 e. The van der Waals surface area contributed by atoms with Crippen molar-refractivity contribution in [3.8, 4) is 0 Å². The van der Waals surface area contributed by atoms with Crippen LogP contribution in [0.4, 0.5) is 24.0 Å². The van der Waals surface area contributed by atoms with E-state index in [1.807, 2.05) is 0 Å². The van der Waals surface area contributed by atoms with Crippen molar-refractivity contribution in [3.05, 3.63) is 0 Å². The second kappa shape index (κ2) is 5.53. The zero-order valence-electron chi connectivity index (χ0n) is 10.3. The van der Waals surface area contributed by atoms with Crippen LogP contribution in [0.1, 0.15) is 20.3 Å². The highest BCUT2D eigenvalue weighted by atomic mass is 32.2. The molecule has 1 aromatic heterocycles. The van der Waals surface area contributed by atoms with E-state index in [0.29, 0.717) is 0 Å². The van der Waals surface area contributed by atoms with E-state index in [1.54, 1.807) is 0 Å². The van der Waals surface area contributed by atoms with E-state index in [2.05, 4.69) is 9.69 Å². The molecule has 0 spiro atoms. The normalized spacial score (nSPS) is 14.4. The third-order valence-electron chi connectivity index (χ3n) is 2.28. The Morgan fingerprint density at radius 2 is 2.05 bits per heavy atom. The topological polar surface area (TPSA) is 85.1 Å². The van der Waals surface area contributed by atoms with Crippen LogP contribution in [0.15, 0.2) is 4.90 Å². The van der Waals surface area contributed by atoms with Crippen molar-refractivity contribution in [1.29, 1.82) is 0 Å². The third-order valence-corrected chi connectivity index (χ3v) is 5.00. The maximum absolute atomic E-state index is 12.2. The van der Waals surface area contributed by atoms with Crippen LogP contribution in [0.25, 0.3) is 0 Å². The molecule has 1 atom stereocenters. The van der Waals surface area contributed by atoms with Crippen LogP contribution in [-0.2, 0) is 9.84 Å². The molecule has 1 aromatic rings. The Hall–Kier alpha value is -1.03. The molecule has 3 N–H and O–H groups in total. The molecule has 110 valence electrons. The zero-order chi connectivity index (χ0) is 14.8. The smallest absolute Gasteiger partial charge is 0.382 e. The van der Waals surface area contributed by atoms with Crippen LogP contribution >= 0.6 is 11.5 Å². The number of sulfone groups is 1. The lowest BCUT2D eigenvalue weighted by atomic mass is 10.2. The van der Waals surface area contributed by atoms with Gasteiger partial charge in [-0.15, -0.1) is 0 Å². The van der Waals surface area contributed by atoms with Crippen LogP contribution in [-0.4, -0.2) is 30.8 Å². The number of hydrogen-bond donors (Lipinski definition) is 2. The first kappa shape index (κ1) is 16.0. The number of nitrogens with zero attached hydrogens (tertiary/aromatic N) is 1. The van der Waals surface area contributed by atoms with Gasteiger partial charge in [0.2, 0.25) is 0 Å². The van der Waals surface area contributed by atoms with Gasteiger partial charge < -0.3 is 11.1 Å². The average molecular weight is 317 g/mol. The fraction of sp³-hybridized carbons (Fsp3) is 0.667. The van der Waals surface area contributed by atoms with Gasteiger partial charge in [-0.25, -0.2) is 8.42 Å². The second-order valence-electron chi connectivity index (χ2n) is 3.99. The summed E-state index contributed by atoms with van der Waals surface area (Å²) in [5, 5.41) is 2.56. The lowest BCUT2D eigenvalue weighted by molar-refractivity contribution is -0.136. The van der Waals surface area contributed by atoms with Crippen LogP contribution in [0.2, 0.25) is 0 Å². The number of rotatable bonds is 5. The Balaban J connectivity index is 2.98. The maximum atomic E-state index is 12.2. The summed E-state index contributed by atoms with van der Waals surface area (Å²) in [7, 11) is -3.63. The first-order valence-corrected chi connectivity index (χ1v) is 7.80. The maximum Gasteiger partial charge on any atom is 0.391 e. The zero-order valence-corrected chi connectivity index (χ0v) is 11.9. The van der Waals surface area contributed by atoms with Gasteiger partial charge in [-0.05, 0) is 18.5 Å². The van der Waals surface area contributed by atoms with Gasteiger partial charge in [0, 0.05) is 6.04 Å². The summed E-state index contributed by atoms with van der Waals surface area (Å²) in [6.45, 7) is 2.74. The summed E-state index contributed by atoms with van der Waals surface area (Å²) < 4.78 is 63.9. The van der Waals surface area contributed by atoms with Gasteiger partial charge in [0.15, 0.2) is 15.7 Å². The average Bonchev–Trinajstić information content (AvgIpc) is 2.57. The second-order valence-corrected chi connectivity index (χ2v) is 6.98. The van der Waals surface area contributed by atoms with Crippen LogP contribution in [0.3, 0.4) is 0 Å². The van der Waals surface area contributed by atoms with Crippen molar-refractivity contribution in [2.24, 2.45) is 0 Å². The Morgan fingerprint density at radius 1 is 1.47 bits per heavy atom. The number of alkyl halides is 3. The van der Waals surface area contributed by atoms with Gasteiger partial charge in [-0.2, -0.15) is 17.5 Å². The summed E-state index contributed by atoms with van der Waals surface area (Å²) in [4.78, 5) is -0.214. The number of nitrogens with one attached hydrogen (secondary N) is 1. The minimum absolute atomic E-state index is 0.0519. The monoisotopic (exact) mass is 317 g/mol. The van der Waals surface area contributed by atoms with E-state index in [-0.39, 0.29) is 21.5 Å². The molecule has 0 aliphatic rings. The quantitative estimate of drug-likeness (QED) is 0.870. The summed E-state index contributed by atoms with van der Waals surface area (Å²) >= 11 is 0.740. The Labute approximate surface area is 113 Å². The number of nitrogens with two attached hydrogens (primary N) is 1. The van der Waals surface area contributed by atoms with E-state index in [1.165, 1.54) is 13.8 Å². The number of aromatic nitrogens is 1. The molecule has 1 unspecified atom stereocenters. The van der Waals surface area contributed by atoms with Gasteiger partial charge in [0.1, 0.15) is 9.90 Å². The van der Waals surface area contributed by atoms with Crippen molar-refractivity contribution in [3.63, 3.8) is 0 Å². The van der Waals surface area contributed by atoms with Crippen LogP contribution < -0.4 is 11.1 Å². The van der Waals surface area contributed by atoms with Gasteiger partial charge in [0.05, 0.1) is 12.2 Å². The fourth-order valence-electron chi connectivity index (χ4n) is 1.45. The molecule has 1 rings (SSSR count). The first-order chi connectivity index (χ1) is 8.57. The van der Waals surface area contributed by atoms with E-state index in [0.717, 1.165) is 11.5 Å². The number of halogens is 3. The molecule has 0 fully saturated rings. The van der Waals surface area contributed by atoms with Crippen molar-refractivity contribution in [1.82, 2.24) is 4.37 Å². The molecule has 0 saturated heterocycles. The Kier molecular flexibility index (Phi) is 4.67. The molecule has 0 aliphatic carbocycles. The molecule has 19 heavy (non-hydrogen) atoms. The molecule has 0 aliphatic heterocycles. The van der Waals surface area contributed by atoms with Crippen molar-refractivity contribution < 1.29 is 21.6 Å². The van der Waals surface area contributed by atoms with E-state index < -0.39 is 28.5 Å². The largest absolute Gasteiger partial charge is 0.391 e. The predicted octanol–water partition coefficient (Wildman–Crippen LogP) is 2.27. The SMILES string of the molecule is CCS(=O)(=O)c1c(N)nsc1NC(C)CC(F)(F)F. The van der Waals surface area contributed by atoms with Gasteiger partial charge in [-0.3, -0.25) is 0 Å².